The number of fused-ring (bicyclic) bond motifs is 7. The predicted molar refractivity (Wildman–Crippen MR) is 108 cm³/mol. The molecule has 2 amide bonds. The molecule has 0 radical (unpaired) electrons. The molecule has 0 bridgehead atoms. The second-order valence-electron chi connectivity index (χ2n) is 7.43. The van der Waals surface area contributed by atoms with Crippen molar-refractivity contribution in [3.63, 3.8) is 0 Å². The number of hydrogen-bond donors (Lipinski definition) is 4. The normalized spacial score (nSPS) is 22.0. The van der Waals surface area contributed by atoms with Crippen LogP contribution in [-0.2, 0) is 16.0 Å². The fourth-order valence-corrected chi connectivity index (χ4v) is 4.55. The van der Waals surface area contributed by atoms with Crippen LogP contribution in [0.15, 0.2) is 48.5 Å². The Morgan fingerprint density at radius 3 is 2.50 bits per heavy atom. The highest BCUT2D eigenvalue weighted by atomic mass is 16.2. The first kappa shape index (κ1) is 16.9. The number of carbonyl (C=O) groups is 2. The highest BCUT2D eigenvalue weighted by Crippen LogP contribution is 2.47. The maximum absolute atomic E-state index is 12.0. The number of carbonyl (C=O) groups excluding carboxylic acids is 2. The lowest BCUT2D eigenvalue weighted by atomic mass is 9.88. The van der Waals surface area contributed by atoms with E-state index in [-0.39, 0.29) is 12.0 Å². The van der Waals surface area contributed by atoms with Gasteiger partial charge in [-0.1, -0.05) is 36.4 Å². The van der Waals surface area contributed by atoms with E-state index >= 15 is 0 Å². The van der Waals surface area contributed by atoms with Crippen LogP contribution in [-0.4, -0.2) is 29.9 Å². The lowest BCUT2D eigenvalue weighted by Crippen LogP contribution is -2.41. The van der Waals surface area contributed by atoms with Gasteiger partial charge in [-0.3, -0.25) is 9.59 Å². The van der Waals surface area contributed by atoms with Crippen molar-refractivity contribution in [2.45, 2.75) is 24.8 Å². The molecule has 5 rings (SSSR count). The maximum atomic E-state index is 12.0. The Hall–Kier alpha value is -3.28. The van der Waals surface area contributed by atoms with Crippen LogP contribution in [0.1, 0.15) is 35.2 Å². The molecular weight excluding hydrogens is 352 g/mol. The minimum absolute atomic E-state index is 0.104. The summed E-state index contributed by atoms with van der Waals surface area (Å²) in [5.41, 5.74) is 5.86. The van der Waals surface area contributed by atoms with Crippen LogP contribution in [0, 0.1) is 0 Å². The zero-order chi connectivity index (χ0) is 19.1. The average molecular weight is 374 g/mol. The number of hydrogen-bond acceptors (Lipinski definition) is 3. The van der Waals surface area contributed by atoms with Crippen molar-refractivity contribution >= 4 is 28.4 Å². The average Bonchev–Trinajstić information content (AvgIpc) is 3.25. The quantitative estimate of drug-likeness (QED) is 0.456. The van der Waals surface area contributed by atoms with Gasteiger partial charge in [0.05, 0.1) is 6.04 Å². The molecule has 28 heavy (non-hydrogen) atoms. The van der Waals surface area contributed by atoms with E-state index < -0.39 is 11.8 Å². The van der Waals surface area contributed by atoms with Crippen molar-refractivity contribution in [1.82, 2.24) is 15.6 Å². The Balaban J connectivity index is 1.63. The standard InChI is InChI=1S/C22H22N4O2/c27-21-22(28)24-12-10-16-14-6-2-4-8-18(14)26-20(16)19-15(9-11-23-21)13-5-1-3-7-17(13)25-19/h1-8,15,19,25-26H,9-12H2,(H,23,27)(H,24,28)/t15-,19-/m1/s1. The van der Waals surface area contributed by atoms with Gasteiger partial charge in [-0.15, -0.1) is 0 Å². The number of amides is 2. The van der Waals surface area contributed by atoms with Crippen molar-refractivity contribution in [3.05, 3.63) is 65.4 Å². The largest absolute Gasteiger partial charge is 0.376 e. The van der Waals surface area contributed by atoms with Crippen molar-refractivity contribution in [1.29, 1.82) is 0 Å². The summed E-state index contributed by atoms with van der Waals surface area (Å²) in [7, 11) is 0. The number of anilines is 1. The third-order valence-corrected chi connectivity index (χ3v) is 5.84. The van der Waals surface area contributed by atoms with Crippen molar-refractivity contribution in [2.75, 3.05) is 18.4 Å². The van der Waals surface area contributed by atoms with Gasteiger partial charge in [0.2, 0.25) is 0 Å². The Labute approximate surface area is 162 Å². The number of rotatable bonds is 0. The fraction of sp³-hybridized carbons (Fsp3) is 0.273. The summed E-state index contributed by atoms with van der Waals surface area (Å²) in [6.45, 7) is 0.879. The number of aromatic amines is 1. The molecule has 6 nitrogen and oxygen atoms in total. The molecular formula is C22H22N4O2. The maximum Gasteiger partial charge on any atom is 0.309 e. The van der Waals surface area contributed by atoms with Gasteiger partial charge in [0.15, 0.2) is 0 Å². The summed E-state index contributed by atoms with van der Waals surface area (Å²) < 4.78 is 0. The summed E-state index contributed by atoms with van der Waals surface area (Å²) in [4.78, 5) is 27.7. The molecule has 6 heteroatoms. The van der Waals surface area contributed by atoms with Gasteiger partial charge in [-0.2, -0.15) is 0 Å². The summed E-state index contributed by atoms with van der Waals surface area (Å²) >= 11 is 0. The molecule has 4 N–H and O–H groups in total. The molecule has 2 aliphatic heterocycles. The Morgan fingerprint density at radius 1 is 0.857 bits per heavy atom. The van der Waals surface area contributed by atoms with Gasteiger partial charge in [0.1, 0.15) is 0 Å². The van der Waals surface area contributed by atoms with E-state index in [1.807, 2.05) is 18.2 Å². The SMILES string of the molecule is O=C1NCCc2c([nH]c3ccccc23)[C@@H]2Nc3ccccc3[C@H]2CCNC1=O. The van der Waals surface area contributed by atoms with E-state index in [9.17, 15) is 9.59 Å². The second kappa shape index (κ2) is 6.71. The van der Waals surface area contributed by atoms with Crippen molar-refractivity contribution in [2.24, 2.45) is 0 Å². The van der Waals surface area contributed by atoms with Crippen LogP contribution in [0.4, 0.5) is 5.69 Å². The van der Waals surface area contributed by atoms with Gasteiger partial charge in [0, 0.05) is 41.3 Å². The molecule has 0 spiro atoms. The lowest BCUT2D eigenvalue weighted by Gasteiger charge is -2.22. The fourth-order valence-electron chi connectivity index (χ4n) is 4.55. The second-order valence-corrected chi connectivity index (χ2v) is 7.43. The smallest absolute Gasteiger partial charge is 0.309 e. The Kier molecular flexibility index (Phi) is 4.04. The topological polar surface area (TPSA) is 86.0 Å². The minimum atomic E-state index is -0.566. The minimum Gasteiger partial charge on any atom is -0.376 e. The molecule has 0 saturated carbocycles. The van der Waals surface area contributed by atoms with Crippen LogP contribution >= 0.6 is 0 Å². The van der Waals surface area contributed by atoms with Gasteiger partial charge in [-0.25, -0.2) is 0 Å². The van der Waals surface area contributed by atoms with Crippen LogP contribution in [0.5, 0.6) is 0 Å². The van der Waals surface area contributed by atoms with Crippen molar-refractivity contribution < 1.29 is 9.59 Å². The van der Waals surface area contributed by atoms with Crippen molar-refractivity contribution in [3.8, 4) is 0 Å². The Bertz CT molecular complexity index is 1070. The molecule has 2 atom stereocenters. The molecule has 3 heterocycles. The molecule has 3 aromatic rings. The van der Waals surface area contributed by atoms with E-state index in [4.69, 9.17) is 0 Å². The number of H-pyrrole nitrogens is 1. The number of aromatic nitrogens is 1. The van der Waals surface area contributed by atoms with Gasteiger partial charge >= 0.3 is 11.8 Å². The third-order valence-electron chi connectivity index (χ3n) is 5.84. The van der Waals surface area contributed by atoms with E-state index in [1.54, 1.807) is 0 Å². The molecule has 2 aromatic carbocycles. The molecule has 0 aliphatic carbocycles. The van der Waals surface area contributed by atoms with E-state index in [1.165, 1.54) is 22.2 Å². The van der Waals surface area contributed by atoms with E-state index in [2.05, 4.69) is 51.3 Å². The first-order valence-electron chi connectivity index (χ1n) is 9.73. The van der Waals surface area contributed by atoms with E-state index in [0.29, 0.717) is 19.5 Å². The van der Waals surface area contributed by atoms with Crippen LogP contribution in [0.25, 0.3) is 10.9 Å². The predicted octanol–water partition coefficient (Wildman–Crippen LogP) is 2.60. The molecule has 2 aliphatic rings. The zero-order valence-corrected chi connectivity index (χ0v) is 15.4. The summed E-state index contributed by atoms with van der Waals surface area (Å²) in [6, 6.07) is 16.7. The van der Waals surface area contributed by atoms with Gasteiger partial charge < -0.3 is 20.9 Å². The van der Waals surface area contributed by atoms with Gasteiger partial charge in [0.25, 0.3) is 0 Å². The number of para-hydroxylation sites is 2. The molecule has 0 fully saturated rings. The molecule has 142 valence electrons. The van der Waals surface area contributed by atoms with Gasteiger partial charge in [-0.05, 0) is 36.1 Å². The summed E-state index contributed by atoms with van der Waals surface area (Å²) in [5.74, 6) is -0.912. The number of nitrogens with one attached hydrogen (secondary N) is 4. The van der Waals surface area contributed by atoms with Crippen LogP contribution < -0.4 is 16.0 Å². The van der Waals surface area contributed by atoms with Crippen LogP contribution in [0.2, 0.25) is 0 Å². The molecule has 0 saturated heterocycles. The molecule has 0 unspecified atom stereocenters. The zero-order valence-electron chi connectivity index (χ0n) is 15.4. The van der Waals surface area contributed by atoms with E-state index in [0.717, 1.165) is 17.6 Å². The molecule has 1 aromatic heterocycles. The first-order chi connectivity index (χ1) is 13.7. The Morgan fingerprint density at radius 2 is 1.61 bits per heavy atom. The van der Waals surface area contributed by atoms with Crippen LogP contribution in [0.3, 0.4) is 0 Å². The highest BCUT2D eigenvalue weighted by Gasteiger charge is 2.35. The lowest BCUT2D eigenvalue weighted by molar-refractivity contribution is -0.139. The summed E-state index contributed by atoms with van der Waals surface area (Å²) in [6.07, 6.45) is 1.42. The highest BCUT2D eigenvalue weighted by molar-refractivity contribution is 6.35. The number of benzene rings is 2. The monoisotopic (exact) mass is 374 g/mol. The first-order valence-corrected chi connectivity index (χ1v) is 9.73. The summed E-state index contributed by atoms with van der Waals surface area (Å²) in [5, 5.41) is 10.4. The third kappa shape index (κ3) is 2.72.